The van der Waals surface area contributed by atoms with E-state index in [2.05, 4.69) is 21.8 Å². The number of hydrogen-bond acceptors (Lipinski definition) is 6. The van der Waals surface area contributed by atoms with Crippen molar-refractivity contribution >= 4 is 22.6 Å². The first-order valence-corrected chi connectivity index (χ1v) is 9.33. The fraction of sp³-hybridized carbons (Fsp3) is 0.333. The zero-order valence-electron chi connectivity index (χ0n) is 17.0. The molecule has 29 heavy (non-hydrogen) atoms. The molecule has 0 saturated heterocycles. The Hall–Kier alpha value is -3.26. The minimum Gasteiger partial charge on any atom is -0.493 e. The van der Waals surface area contributed by atoms with E-state index in [4.69, 9.17) is 19.2 Å². The fourth-order valence-corrected chi connectivity index (χ4v) is 3.63. The Kier molecular flexibility index (Phi) is 5.02. The second-order valence-electron chi connectivity index (χ2n) is 6.99. The normalized spacial score (nSPS) is 13.8. The van der Waals surface area contributed by atoms with Crippen molar-refractivity contribution < 1.29 is 19.0 Å². The van der Waals surface area contributed by atoms with Gasteiger partial charge in [0, 0.05) is 24.3 Å². The van der Waals surface area contributed by atoms with Gasteiger partial charge in [0.25, 0.3) is 5.91 Å². The lowest BCUT2D eigenvalue weighted by molar-refractivity contribution is 0.102. The number of imidazole rings is 1. The predicted octanol–water partition coefficient (Wildman–Crippen LogP) is 2.76. The van der Waals surface area contributed by atoms with E-state index in [1.165, 1.54) is 21.3 Å². The summed E-state index contributed by atoms with van der Waals surface area (Å²) >= 11 is 0. The molecule has 0 aliphatic carbocycles. The molecule has 1 N–H and O–H groups in total. The molecule has 8 nitrogen and oxygen atoms in total. The molecule has 0 radical (unpaired) electrons. The molecule has 8 heteroatoms. The second kappa shape index (κ2) is 7.63. The van der Waals surface area contributed by atoms with Crippen molar-refractivity contribution in [3.8, 4) is 17.2 Å². The minimum absolute atomic E-state index is 0.271. The fourth-order valence-electron chi connectivity index (χ4n) is 3.63. The monoisotopic (exact) mass is 396 g/mol. The Morgan fingerprint density at radius 2 is 1.76 bits per heavy atom. The highest BCUT2D eigenvalue weighted by atomic mass is 16.5. The number of rotatable bonds is 5. The topological polar surface area (TPSA) is 77.9 Å². The molecule has 0 bridgehead atoms. The lowest BCUT2D eigenvalue weighted by Gasteiger charge is -2.23. The highest BCUT2D eigenvalue weighted by Gasteiger charge is 2.19. The van der Waals surface area contributed by atoms with E-state index in [-0.39, 0.29) is 5.91 Å². The van der Waals surface area contributed by atoms with Gasteiger partial charge in [-0.15, -0.1) is 0 Å². The van der Waals surface area contributed by atoms with Crippen LogP contribution >= 0.6 is 0 Å². The summed E-state index contributed by atoms with van der Waals surface area (Å²) in [6.07, 6.45) is 0. The number of fused-ring (bicyclic) bond motifs is 3. The van der Waals surface area contributed by atoms with Crippen LogP contribution in [0.4, 0.5) is 5.69 Å². The van der Waals surface area contributed by atoms with Crippen molar-refractivity contribution in [1.82, 2.24) is 14.5 Å². The number of likely N-dealkylation sites (N-methyl/N-ethyl adjacent to an activating group) is 1. The number of hydrogen-bond donors (Lipinski definition) is 1. The third kappa shape index (κ3) is 3.47. The van der Waals surface area contributed by atoms with Crippen molar-refractivity contribution in [3.63, 3.8) is 0 Å². The first kappa shape index (κ1) is 19.1. The molecule has 0 unspecified atom stereocenters. The van der Waals surface area contributed by atoms with Gasteiger partial charge in [-0.2, -0.15) is 0 Å². The zero-order valence-corrected chi connectivity index (χ0v) is 17.0. The highest BCUT2D eigenvalue weighted by molar-refractivity contribution is 6.05. The molecular weight excluding hydrogens is 372 g/mol. The smallest absolute Gasteiger partial charge is 0.255 e. The van der Waals surface area contributed by atoms with Crippen LogP contribution < -0.4 is 19.5 Å². The van der Waals surface area contributed by atoms with Crippen LogP contribution in [0, 0.1) is 0 Å². The van der Waals surface area contributed by atoms with Gasteiger partial charge in [-0.3, -0.25) is 9.69 Å². The third-order valence-electron chi connectivity index (χ3n) is 5.13. The quantitative estimate of drug-likeness (QED) is 0.715. The van der Waals surface area contributed by atoms with Gasteiger partial charge in [0.15, 0.2) is 11.5 Å². The van der Waals surface area contributed by atoms with E-state index >= 15 is 0 Å². The minimum atomic E-state index is -0.271. The molecule has 0 spiro atoms. The number of anilines is 1. The molecule has 3 aromatic rings. The summed E-state index contributed by atoms with van der Waals surface area (Å²) in [5.74, 6) is 2.08. The maximum Gasteiger partial charge on any atom is 0.255 e. The first-order valence-electron chi connectivity index (χ1n) is 9.33. The molecule has 1 amide bonds. The molecule has 0 atom stereocenters. The standard InChI is InChI=1S/C21H24N4O4/c1-24-7-8-25-16-6-5-14(11-15(16)23-19(25)12-24)22-21(26)13-9-17(27-2)20(29-4)18(10-13)28-3/h5-6,9-11H,7-8,12H2,1-4H3,(H,22,26). The van der Waals surface area contributed by atoms with E-state index in [1.54, 1.807) is 12.1 Å². The number of nitrogens with zero attached hydrogens (tertiary/aromatic N) is 3. The van der Waals surface area contributed by atoms with E-state index in [1.807, 2.05) is 18.2 Å². The Balaban J connectivity index is 1.62. The number of benzene rings is 2. The Morgan fingerprint density at radius 1 is 1.03 bits per heavy atom. The highest BCUT2D eigenvalue weighted by Crippen LogP contribution is 2.38. The van der Waals surface area contributed by atoms with Crippen LogP contribution in [0.5, 0.6) is 17.2 Å². The molecule has 2 heterocycles. The number of aromatic nitrogens is 2. The van der Waals surface area contributed by atoms with Gasteiger partial charge < -0.3 is 24.1 Å². The largest absolute Gasteiger partial charge is 0.493 e. The molecule has 4 rings (SSSR count). The van der Waals surface area contributed by atoms with Crippen LogP contribution in [0.3, 0.4) is 0 Å². The summed E-state index contributed by atoms with van der Waals surface area (Å²) in [6.45, 7) is 2.74. The van der Waals surface area contributed by atoms with Crippen LogP contribution in [-0.4, -0.2) is 55.3 Å². The molecule has 0 saturated carbocycles. The summed E-state index contributed by atoms with van der Waals surface area (Å²) in [5, 5.41) is 2.93. The van der Waals surface area contributed by atoms with E-state index < -0.39 is 0 Å². The van der Waals surface area contributed by atoms with Crippen molar-refractivity contribution in [2.24, 2.45) is 0 Å². The van der Waals surface area contributed by atoms with Gasteiger partial charge in [-0.05, 0) is 37.4 Å². The van der Waals surface area contributed by atoms with Crippen LogP contribution in [0.15, 0.2) is 30.3 Å². The molecule has 0 fully saturated rings. The SMILES string of the molecule is COc1cc(C(=O)Nc2ccc3c(c2)nc2n3CCN(C)C2)cc(OC)c1OC. The van der Waals surface area contributed by atoms with Gasteiger partial charge in [0.1, 0.15) is 5.82 Å². The van der Waals surface area contributed by atoms with Gasteiger partial charge >= 0.3 is 0 Å². The van der Waals surface area contributed by atoms with Crippen LogP contribution in [0.25, 0.3) is 11.0 Å². The average molecular weight is 396 g/mol. The van der Waals surface area contributed by atoms with Gasteiger partial charge in [0.2, 0.25) is 5.75 Å². The van der Waals surface area contributed by atoms with Gasteiger partial charge in [0.05, 0.1) is 38.9 Å². The van der Waals surface area contributed by atoms with Gasteiger partial charge in [-0.25, -0.2) is 4.98 Å². The summed E-state index contributed by atoms with van der Waals surface area (Å²) in [5.41, 5.74) is 3.04. The summed E-state index contributed by atoms with van der Waals surface area (Å²) in [4.78, 5) is 19.8. The molecule has 152 valence electrons. The lowest BCUT2D eigenvalue weighted by Crippen LogP contribution is -2.30. The third-order valence-corrected chi connectivity index (χ3v) is 5.13. The zero-order chi connectivity index (χ0) is 20.5. The van der Waals surface area contributed by atoms with Crippen molar-refractivity contribution in [2.75, 3.05) is 40.2 Å². The van der Waals surface area contributed by atoms with Gasteiger partial charge in [-0.1, -0.05) is 0 Å². The first-order chi connectivity index (χ1) is 14.0. The maximum atomic E-state index is 12.8. The van der Waals surface area contributed by atoms with Crippen molar-refractivity contribution in [2.45, 2.75) is 13.1 Å². The number of carbonyl (C=O) groups is 1. The lowest BCUT2D eigenvalue weighted by atomic mass is 10.1. The summed E-state index contributed by atoms with van der Waals surface area (Å²) in [7, 11) is 6.65. The average Bonchev–Trinajstić information content (AvgIpc) is 3.08. The molecule has 2 aromatic carbocycles. The van der Waals surface area contributed by atoms with Crippen molar-refractivity contribution in [3.05, 3.63) is 41.7 Å². The number of nitrogens with one attached hydrogen (secondary N) is 1. The Morgan fingerprint density at radius 3 is 2.41 bits per heavy atom. The number of ether oxygens (including phenoxy) is 3. The maximum absolute atomic E-state index is 12.8. The molecule has 1 aliphatic heterocycles. The second-order valence-corrected chi connectivity index (χ2v) is 6.99. The van der Waals surface area contributed by atoms with Crippen LogP contribution in [0.1, 0.15) is 16.2 Å². The number of carbonyl (C=O) groups excluding carboxylic acids is 1. The molecular formula is C21H24N4O4. The van der Waals surface area contributed by atoms with E-state index in [9.17, 15) is 4.79 Å². The Labute approximate surface area is 169 Å². The Bertz CT molecular complexity index is 1050. The molecule has 1 aliphatic rings. The van der Waals surface area contributed by atoms with E-state index in [0.29, 0.717) is 28.5 Å². The predicted molar refractivity (Wildman–Crippen MR) is 110 cm³/mol. The summed E-state index contributed by atoms with van der Waals surface area (Å²) < 4.78 is 18.2. The number of amides is 1. The summed E-state index contributed by atoms with van der Waals surface area (Å²) in [6, 6.07) is 9.05. The van der Waals surface area contributed by atoms with E-state index in [0.717, 1.165) is 36.5 Å². The molecule has 1 aromatic heterocycles. The van der Waals surface area contributed by atoms with Crippen LogP contribution in [0.2, 0.25) is 0 Å². The van der Waals surface area contributed by atoms with Crippen molar-refractivity contribution in [1.29, 1.82) is 0 Å². The van der Waals surface area contributed by atoms with Crippen LogP contribution in [-0.2, 0) is 13.1 Å². The number of methoxy groups -OCH3 is 3.